The van der Waals surface area contributed by atoms with Crippen LogP contribution in [0.2, 0.25) is 5.02 Å². The zero-order valence-corrected chi connectivity index (χ0v) is 9.74. The van der Waals surface area contributed by atoms with Gasteiger partial charge in [-0.3, -0.25) is 0 Å². The third-order valence-electron chi connectivity index (χ3n) is 2.20. The van der Waals surface area contributed by atoms with E-state index in [9.17, 15) is 4.39 Å². The van der Waals surface area contributed by atoms with Crippen molar-refractivity contribution in [1.82, 2.24) is 0 Å². The van der Waals surface area contributed by atoms with Crippen LogP contribution < -0.4 is 0 Å². The lowest BCUT2D eigenvalue weighted by Gasteiger charge is -2.11. The van der Waals surface area contributed by atoms with E-state index in [4.69, 9.17) is 11.6 Å². The first kappa shape index (κ1) is 12.1. The fourth-order valence-corrected chi connectivity index (χ4v) is 1.78. The molecule has 0 amide bonds. The highest BCUT2D eigenvalue weighted by Gasteiger charge is 2.13. The van der Waals surface area contributed by atoms with Crippen LogP contribution in [0.15, 0.2) is 18.2 Å². The zero-order valence-electron chi connectivity index (χ0n) is 8.98. The second kappa shape index (κ2) is 5.78. The molecular weight excluding hydrogens is 211 g/mol. The summed E-state index contributed by atoms with van der Waals surface area (Å²) in [6.45, 7) is 3.93. The molecule has 0 radical (unpaired) electrons. The largest absolute Gasteiger partial charge is 0.207 e. The van der Waals surface area contributed by atoms with Gasteiger partial charge in [0.1, 0.15) is 5.82 Å². The molecule has 15 heavy (non-hydrogen) atoms. The predicted octanol–water partition coefficient (Wildman–Crippen LogP) is 4.39. The lowest BCUT2D eigenvalue weighted by molar-refractivity contribution is 0.592. The molecule has 1 aromatic carbocycles. The van der Waals surface area contributed by atoms with E-state index in [2.05, 4.69) is 11.8 Å². The summed E-state index contributed by atoms with van der Waals surface area (Å²) in [7, 11) is 0. The quantitative estimate of drug-likeness (QED) is 0.654. The van der Waals surface area contributed by atoms with E-state index in [0.29, 0.717) is 17.0 Å². The Hall–Kier alpha value is -1.00. The van der Waals surface area contributed by atoms with E-state index in [1.807, 2.05) is 13.8 Å². The average Bonchev–Trinajstić information content (AvgIpc) is 2.18. The van der Waals surface area contributed by atoms with Crippen LogP contribution in [0.5, 0.6) is 0 Å². The lowest BCUT2D eigenvalue weighted by atomic mass is 9.97. The first-order valence-corrected chi connectivity index (χ1v) is 5.44. The van der Waals surface area contributed by atoms with Crippen molar-refractivity contribution in [3.63, 3.8) is 0 Å². The molecular formula is C13H14ClF. The molecule has 0 aliphatic carbocycles. The van der Waals surface area contributed by atoms with Gasteiger partial charge in [0.2, 0.25) is 0 Å². The Balaban J connectivity index is 2.86. The smallest absolute Gasteiger partial charge is 0.128 e. The van der Waals surface area contributed by atoms with Crippen LogP contribution in [0.25, 0.3) is 0 Å². The maximum absolute atomic E-state index is 13.5. The van der Waals surface area contributed by atoms with Crippen LogP contribution in [-0.4, -0.2) is 0 Å². The van der Waals surface area contributed by atoms with Crippen LogP contribution in [0, 0.1) is 17.7 Å². The SMILES string of the molecule is CCC#CCC(C)c1c(F)cccc1Cl. The summed E-state index contributed by atoms with van der Waals surface area (Å²) in [4.78, 5) is 0. The molecule has 1 rings (SSSR count). The van der Waals surface area contributed by atoms with Crippen molar-refractivity contribution in [1.29, 1.82) is 0 Å². The van der Waals surface area contributed by atoms with Crippen molar-refractivity contribution in [3.05, 3.63) is 34.6 Å². The molecule has 0 fully saturated rings. The molecule has 1 atom stereocenters. The van der Waals surface area contributed by atoms with Crippen LogP contribution in [0.4, 0.5) is 4.39 Å². The van der Waals surface area contributed by atoms with Gasteiger partial charge in [0.15, 0.2) is 0 Å². The standard InChI is InChI=1S/C13H14ClF/c1-3-4-5-7-10(2)13-11(14)8-6-9-12(13)15/h6,8-10H,3,7H2,1-2H3. The average molecular weight is 225 g/mol. The summed E-state index contributed by atoms with van der Waals surface area (Å²) >= 11 is 5.95. The van der Waals surface area contributed by atoms with Crippen LogP contribution in [0.1, 0.15) is 38.2 Å². The van der Waals surface area contributed by atoms with Gasteiger partial charge in [0.25, 0.3) is 0 Å². The summed E-state index contributed by atoms with van der Waals surface area (Å²) in [5.74, 6) is 5.78. The number of hydrogen-bond donors (Lipinski definition) is 0. The second-order valence-electron chi connectivity index (χ2n) is 3.45. The fourth-order valence-electron chi connectivity index (χ4n) is 1.43. The summed E-state index contributed by atoms with van der Waals surface area (Å²) in [5.41, 5.74) is 0.574. The van der Waals surface area contributed by atoms with Crippen LogP contribution in [-0.2, 0) is 0 Å². The highest BCUT2D eigenvalue weighted by atomic mass is 35.5. The molecule has 1 aromatic rings. The predicted molar refractivity (Wildman–Crippen MR) is 62.5 cm³/mol. The summed E-state index contributed by atoms with van der Waals surface area (Å²) in [6.07, 6.45) is 1.48. The molecule has 1 unspecified atom stereocenters. The van der Waals surface area contributed by atoms with E-state index >= 15 is 0 Å². The van der Waals surface area contributed by atoms with Crippen LogP contribution in [0.3, 0.4) is 0 Å². The molecule has 0 aromatic heterocycles. The van der Waals surface area contributed by atoms with E-state index in [1.54, 1.807) is 12.1 Å². The topological polar surface area (TPSA) is 0 Å². The van der Waals surface area contributed by atoms with Crippen molar-refractivity contribution in [2.45, 2.75) is 32.6 Å². The molecule has 0 N–H and O–H groups in total. The van der Waals surface area contributed by atoms with Crippen molar-refractivity contribution in [2.75, 3.05) is 0 Å². The molecule has 0 spiro atoms. The molecule has 0 nitrogen and oxygen atoms in total. The Morgan fingerprint density at radius 1 is 1.40 bits per heavy atom. The van der Waals surface area contributed by atoms with Gasteiger partial charge in [-0.1, -0.05) is 31.5 Å². The zero-order chi connectivity index (χ0) is 11.3. The van der Waals surface area contributed by atoms with E-state index in [1.165, 1.54) is 6.07 Å². The van der Waals surface area contributed by atoms with Gasteiger partial charge < -0.3 is 0 Å². The molecule has 0 aliphatic heterocycles. The van der Waals surface area contributed by atoms with Gasteiger partial charge in [0, 0.05) is 23.4 Å². The number of benzene rings is 1. The molecule has 0 saturated carbocycles. The molecule has 0 aliphatic rings. The molecule has 80 valence electrons. The minimum Gasteiger partial charge on any atom is -0.207 e. The van der Waals surface area contributed by atoms with Crippen LogP contribution >= 0.6 is 11.6 Å². The third kappa shape index (κ3) is 3.25. The number of halogens is 2. The Morgan fingerprint density at radius 3 is 2.73 bits per heavy atom. The Labute approximate surface area is 95.5 Å². The third-order valence-corrected chi connectivity index (χ3v) is 2.53. The monoisotopic (exact) mass is 224 g/mol. The molecule has 0 saturated heterocycles. The fraction of sp³-hybridized carbons (Fsp3) is 0.385. The van der Waals surface area contributed by atoms with Gasteiger partial charge in [-0.25, -0.2) is 4.39 Å². The van der Waals surface area contributed by atoms with Crippen molar-refractivity contribution < 1.29 is 4.39 Å². The maximum Gasteiger partial charge on any atom is 0.128 e. The van der Waals surface area contributed by atoms with Gasteiger partial charge in [-0.2, -0.15) is 0 Å². The van der Waals surface area contributed by atoms with Gasteiger partial charge in [-0.05, 0) is 18.1 Å². The minimum atomic E-state index is -0.242. The van der Waals surface area contributed by atoms with E-state index < -0.39 is 0 Å². The Bertz CT molecular complexity index is 367. The van der Waals surface area contributed by atoms with Crippen molar-refractivity contribution in [2.24, 2.45) is 0 Å². The second-order valence-corrected chi connectivity index (χ2v) is 3.85. The lowest BCUT2D eigenvalue weighted by Crippen LogP contribution is -1.97. The van der Waals surface area contributed by atoms with E-state index in [0.717, 1.165) is 6.42 Å². The molecule has 0 heterocycles. The minimum absolute atomic E-state index is 0.0396. The van der Waals surface area contributed by atoms with Crippen molar-refractivity contribution in [3.8, 4) is 11.8 Å². The Morgan fingerprint density at radius 2 is 2.13 bits per heavy atom. The normalized spacial score (nSPS) is 11.7. The number of rotatable bonds is 2. The van der Waals surface area contributed by atoms with Gasteiger partial charge >= 0.3 is 0 Å². The highest BCUT2D eigenvalue weighted by molar-refractivity contribution is 6.31. The molecule has 2 heteroatoms. The van der Waals surface area contributed by atoms with Gasteiger partial charge in [0.05, 0.1) is 0 Å². The van der Waals surface area contributed by atoms with E-state index in [-0.39, 0.29) is 11.7 Å². The molecule has 0 bridgehead atoms. The number of hydrogen-bond acceptors (Lipinski definition) is 0. The summed E-state index contributed by atoms with van der Waals surface area (Å²) in [5, 5.41) is 0.487. The Kier molecular flexibility index (Phi) is 4.65. The summed E-state index contributed by atoms with van der Waals surface area (Å²) in [6, 6.07) is 4.76. The highest BCUT2D eigenvalue weighted by Crippen LogP contribution is 2.28. The maximum atomic E-state index is 13.5. The summed E-state index contributed by atoms with van der Waals surface area (Å²) < 4.78 is 13.5. The van der Waals surface area contributed by atoms with Gasteiger partial charge in [-0.15, -0.1) is 11.8 Å². The first-order valence-electron chi connectivity index (χ1n) is 5.06. The first-order chi connectivity index (χ1) is 7.16. The van der Waals surface area contributed by atoms with Crippen molar-refractivity contribution >= 4 is 11.6 Å².